The molecule has 1 aliphatic heterocycles. The van der Waals surface area contributed by atoms with Crippen molar-refractivity contribution in [2.45, 2.75) is 19.4 Å². The molecule has 7 heteroatoms. The van der Waals surface area contributed by atoms with Crippen molar-refractivity contribution in [1.29, 1.82) is 0 Å². The number of ether oxygens (including phenoxy) is 2. The van der Waals surface area contributed by atoms with Gasteiger partial charge in [0.1, 0.15) is 0 Å². The van der Waals surface area contributed by atoms with Gasteiger partial charge in [0.15, 0.2) is 11.5 Å². The predicted octanol–water partition coefficient (Wildman–Crippen LogP) is 0.995. The molecule has 0 fully saturated rings. The molecule has 0 saturated heterocycles. The third kappa shape index (κ3) is 4.33. The van der Waals surface area contributed by atoms with E-state index in [1.165, 1.54) is 11.1 Å². The highest BCUT2D eigenvalue weighted by atomic mass is 32.2. The van der Waals surface area contributed by atoms with Crippen LogP contribution in [0.4, 0.5) is 0 Å². The fourth-order valence-electron chi connectivity index (χ4n) is 2.56. The zero-order chi connectivity index (χ0) is 15.2. The first-order valence-corrected chi connectivity index (χ1v) is 7.97. The number of hydrogen-bond acceptors (Lipinski definition) is 6. The Balaban J connectivity index is 1.96. The molecule has 1 heterocycles. The molecule has 6 nitrogen and oxygen atoms in total. The molecule has 0 aromatic heterocycles. The molecule has 0 bridgehead atoms. The van der Waals surface area contributed by atoms with E-state index in [-0.39, 0.29) is 6.61 Å². The van der Waals surface area contributed by atoms with Crippen LogP contribution < -0.4 is 9.47 Å². The number of fused-ring (bicyclic) bond motifs is 1. The average Bonchev–Trinajstić information content (AvgIpc) is 2.49. The van der Waals surface area contributed by atoms with Gasteiger partial charge in [-0.25, -0.2) is 8.42 Å². The lowest BCUT2D eigenvalue weighted by Gasteiger charge is -2.29. The second-order valence-electron chi connectivity index (χ2n) is 4.91. The number of rotatable bonds is 7. The molecule has 21 heavy (non-hydrogen) atoms. The molecule has 0 unspecified atom stereocenters. The Morgan fingerprint density at radius 3 is 2.43 bits per heavy atom. The van der Waals surface area contributed by atoms with E-state index in [1.807, 2.05) is 12.1 Å². The van der Waals surface area contributed by atoms with E-state index in [0.717, 1.165) is 37.6 Å². The highest BCUT2D eigenvalue weighted by Gasteiger charge is 2.19. The molecule has 0 spiro atoms. The van der Waals surface area contributed by atoms with E-state index in [0.29, 0.717) is 6.42 Å². The van der Waals surface area contributed by atoms with Crippen molar-refractivity contribution in [3.63, 3.8) is 0 Å². The summed E-state index contributed by atoms with van der Waals surface area (Å²) in [6.45, 7) is 2.84. The maximum atomic E-state index is 10.3. The van der Waals surface area contributed by atoms with Crippen LogP contribution in [-0.4, -0.2) is 47.2 Å². The minimum Gasteiger partial charge on any atom is -0.493 e. The van der Waals surface area contributed by atoms with Gasteiger partial charge in [0, 0.05) is 19.6 Å². The molecule has 1 aliphatic rings. The van der Waals surface area contributed by atoms with Gasteiger partial charge >= 0.3 is 0 Å². The molecular weight excluding hydrogens is 294 g/mol. The van der Waals surface area contributed by atoms with Crippen molar-refractivity contribution in [3.05, 3.63) is 23.3 Å². The maximum absolute atomic E-state index is 10.3. The summed E-state index contributed by atoms with van der Waals surface area (Å²) in [4.78, 5) is 2.29. The Kier molecular flexibility index (Phi) is 5.84. The van der Waals surface area contributed by atoms with Crippen molar-refractivity contribution in [2.24, 2.45) is 0 Å². The highest BCUT2D eigenvalue weighted by molar-refractivity contribution is 7.67. The molecule has 0 radical (unpaired) electrons. The summed E-state index contributed by atoms with van der Waals surface area (Å²) in [5.41, 5.74) is 2.51. The van der Waals surface area contributed by atoms with Crippen LogP contribution in [0.25, 0.3) is 0 Å². The van der Waals surface area contributed by atoms with Gasteiger partial charge in [-0.3, -0.25) is 9.08 Å². The third-order valence-electron chi connectivity index (χ3n) is 3.61. The summed E-state index contributed by atoms with van der Waals surface area (Å²) in [5, 5.41) is 0. The van der Waals surface area contributed by atoms with Crippen LogP contribution in [0.15, 0.2) is 12.1 Å². The largest absolute Gasteiger partial charge is 0.493 e. The van der Waals surface area contributed by atoms with Crippen LogP contribution in [-0.2, 0) is 28.1 Å². The van der Waals surface area contributed by atoms with Crippen LogP contribution in [0.2, 0.25) is 0 Å². The number of hydrogen-bond donors (Lipinski definition) is 1. The van der Waals surface area contributed by atoms with Crippen LogP contribution >= 0.6 is 0 Å². The van der Waals surface area contributed by atoms with Crippen LogP contribution in [0.1, 0.15) is 17.5 Å². The van der Waals surface area contributed by atoms with Gasteiger partial charge in [0.2, 0.25) is 0 Å². The Morgan fingerprint density at radius 1 is 1.14 bits per heavy atom. The third-order valence-corrected chi connectivity index (χ3v) is 4.01. The van der Waals surface area contributed by atoms with Gasteiger partial charge in [-0.2, -0.15) is 0 Å². The van der Waals surface area contributed by atoms with E-state index in [9.17, 15) is 8.42 Å². The van der Waals surface area contributed by atoms with E-state index in [2.05, 4.69) is 9.08 Å². The smallest absolute Gasteiger partial charge is 0.257 e. The molecule has 0 saturated carbocycles. The lowest BCUT2D eigenvalue weighted by Crippen LogP contribution is -2.31. The lowest BCUT2D eigenvalue weighted by molar-refractivity contribution is 0.225. The van der Waals surface area contributed by atoms with Gasteiger partial charge in [-0.15, -0.1) is 0 Å². The SMILES string of the molecule is COc1cc2c(cc1OC)CN(CCCO[SH](=O)=O)CC2. The fraction of sp³-hybridized carbons (Fsp3) is 0.571. The summed E-state index contributed by atoms with van der Waals surface area (Å²) in [5.74, 6) is 1.50. The van der Waals surface area contributed by atoms with Gasteiger partial charge in [0.25, 0.3) is 11.0 Å². The van der Waals surface area contributed by atoms with Gasteiger partial charge in [0.05, 0.1) is 20.8 Å². The zero-order valence-electron chi connectivity index (χ0n) is 12.3. The van der Waals surface area contributed by atoms with E-state index < -0.39 is 11.0 Å². The van der Waals surface area contributed by atoms with Crippen LogP contribution in [0.3, 0.4) is 0 Å². The molecule has 0 amide bonds. The van der Waals surface area contributed by atoms with Gasteiger partial charge in [-0.05, 0) is 36.1 Å². The summed E-state index contributed by atoms with van der Waals surface area (Å²) in [6.07, 6.45) is 1.65. The van der Waals surface area contributed by atoms with E-state index in [1.54, 1.807) is 14.2 Å². The Hall–Kier alpha value is -1.31. The van der Waals surface area contributed by atoms with E-state index >= 15 is 0 Å². The predicted molar refractivity (Wildman–Crippen MR) is 79.4 cm³/mol. The second-order valence-corrected chi connectivity index (χ2v) is 5.62. The quantitative estimate of drug-likeness (QED) is 0.598. The van der Waals surface area contributed by atoms with Gasteiger partial charge < -0.3 is 9.47 Å². The topological polar surface area (TPSA) is 65.1 Å². The molecular formula is C14H21NO5S. The van der Waals surface area contributed by atoms with Crippen molar-refractivity contribution in [3.8, 4) is 11.5 Å². The average molecular weight is 315 g/mol. The van der Waals surface area contributed by atoms with Crippen molar-refractivity contribution < 1.29 is 22.1 Å². The molecule has 0 aliphatic carbocycles. The molecule has 118 valence electrons. The first kappa shape index (κ1) is 16.1. The van der Waals surface area contributed by atoms with Crippen molar-refractivity contribution >= 4 is 11.0 Å². The highest BCUT2D eigenvalue weighted by Crippen LogP contribution is 2.33. The molecule has 0 N–H and O–H groups in total. The van der Waals surface area contributed by atoms with E-state index in [4.69, 9.17) is 9.47 Å². The normalized spacial score (nSPS) is 15.0. The van der Waals surface area contributed by atoms with Crippen molar-refractivity contribution in [1.82, 2.24) is 4.90 Å². The molecule has 1 aromatic rings. The van der Waals surface area contributed by atoms with Gasteiger partial charge in [-0.1, -0.05) is 0 Å². The number of nitrogens with zero attached hydrogens (tertiary/aromatic N) is 1. The van der Waals surface area contributed by atoms with Crippen LogP contribution in [0.5, 0.6) is 11.5 Å². The standard InChI is InChI=1S/C14H21NO5S/c1-18-13-8-11-4-6-15(5-3-7-20-21(16)17)10-12(11)9-14(13)19-2/h8-9,21H,3-7,10H2,1-2H3. The van der Waals surface area contributed by atoms with Crippen LogP contribution in [0, 0.1) is 0 Å². The Bertz CT molecular complexity index is 551. The summed E-state index contributed by atoms with van der Waals surface area (Å²) in [6, 6.07) is 4.06. The Labute approximate surface area is 126 Å². The minimum absolute atomic E-state index is 0.244. The molecule has 2 rings (SSSR count). The Morgan fingerprint density at radius 2 is 1.81 bits per heavy atom. The summed E-state index contributed by atoms with van der Waals surface area (Å²) < 4.78 is 35.9. The monoisotopic (exact) mass is 315 g/mol. The van der Waals surface area contributed by atoms with Crippen molar-refractivity contribution in [2.75, 3.05) is 33.9 Å². The number of methoxy groups -OCH3 is 2. The first-order chi connectivity index (χ1) is 10.1. The molecule has 1 aromatic carbocycles. The minimum atomic E-state index is -2.73. The fourth-order valence-corrected chi connectivity index (χ4v) is 2.84. The number of benzene rings is 1. The molecule has 0 atom stereocenters. The summed E-state index contributed by atoms with van der Waals surface area (Å²) in [7, 11) is 0.537. The maximum Gasteiger partial charge on any atom is 0.257 e. The lowest BCUT2D eigenvalue weighted by atomic mass is 9.98. The second kappa shape index (κ2) is 7.63. The summed E-state index contributed by atoms with van der Waals surface area (Å²) >= 11 is 0. The number of thiol groups is 1. The zero-order valence-corrected chi connectivity index (χ0v) is 13.2. The first-order valence-electron chi connectivity index (χ1n) is 6.87.